The quantitative estimate of drug-likeness (QED) is 0.200. The molecule has 1 saturated heterocycles. The van der Waals surface area contributed by atoms with E-state index in [-0.39, 0.29) is 5.71 Å². The molecular formula is C21H21N3O6. The van der Waals surface area contributed by atoms with E-state index in [0.29, 0.717) is 11.1 Å². The maximum atomic E-state index is 12.8. The summed E-state index contributed by atoms with van der Waals surface area (Å²) in [5.41, 5.74) is 0.604. The van der Waals surface area contributed by atoms with Crippen LogP contribution in [0.1, 0.15) is 17.2 Å². The van der Waals surface area contributed by atoms with Gasteiger partial charge in [-0.05, 0) is 5.56 Å². The van der Waals surface area contributed by atoms with Crippen molar-refractivity contribution in [3.05, 3.63) is 71.8 Å². The van der Waals surface area contributed by atoms with Crippen LogP contribution in [-0.2, 0) is 19.1 Å². The number of nitrogens with zero attached hydrogens (tertiary/aromatic N) is 2. The van der Waals surface area contributed by atoms with E-state index >= 15 is 0 Å². The van der Waals surface area contributed by atoms with Gasteiger partial charge in [0.05, 0.1) is 19.8 Å². The summed E-state index contributed by atoms with van der Waals surface area (Å²) in [6.07, 6.45) is 0. The second kappa shape index (κ2) is 9.19. The van der Waals surface area contributed by atoms with Crippen LogP contribution in [0.15, 0.2) is 65.8 Å². The molecule has 3 unspecified atom stereocenters. The van der Waals surface area contributed by atoms with Gasteiger partial charge in [-0.25, -0.2) is 4.79 Å². The highest BCUT2D eigenvalue weighted by molar-refractivity contribution is 6.45. The number of oxime groups is 1. The Bertz CT molecular complexity index is 948. The number of esters is 1. The van der Waals surface area contributed by atoms with E-state index in [1.807, 2.05) is 0 Å². The molecule has 3 atom stereocenters. The number of amides is 2. The van der Waals surface area contributed by atoms with Crippen LogP contribution in [0.4, 0.5) is 0 Å². The van der Waals surface area contributed by atoms with Crippen molar-refractivity contribution in [1.82, 2.24) is 10.2 Å². The van der Waals surface area contributed by atoms with Gasteiger partial charge in [-0.3, -0.25) is 9.59 Å². The van der Waals surface area contributed by atoms with Crippen molar-refractivity contribution in [3.63, 3.8) is 0 Å². The van der Waals surface area contributed by atoms with Crippen molar-refractivity contribution in [3.8, 4) is 0 Å². The average molecular weight is 411 g/mol. The molecule has 3 rings (SSSR count). The summed E-state index contributed by atoms with van der Waals surface area (Å²) in [6.45, 7) is -0.492. The molecule has 0 aromatic heterocycles. The molecule has 1 aliphatic rings. The van der Waals surface area contributed by atoms with Crippen LogP contribution in [0.3, 0.4) is 0 Å². The summed E-state index contributed by atoms with van der Waals surface area (Å²) in [5, 5.41) is 24.6. The van der Waals surface area contributed by atoms with Gasteiger partial charge in [-0.2, -0.15) is 0 Å². The number of carbonyl (C=O) groups is 3. The maximum absolute atomic E-state index is 12.8. The summed E-state index contributed by atoms with van der Waals surface area (Å²) in [5.74, 6) is -2.01. The molecule has 156 valence electrons. The Balaban J connectivity index is 1.81. The molecule has 1 heterocycles. The van der Waals surface area contributed by atoms with Gasteiger partial charge in [0, 0.05) is 5.56 Å². The second-order valence-electron chi connectivity index (χ2n) is 6.60. The topological polar surface area (TPSA) is 129 Å². The van der Waals surface area contributed by atoms with Gasteiger partial charge in [-0.15, -0.1) is 0 Å². The van der Waals surface area contributed by atoms with E-state index in [4.69, 9.17) is 4.74 Å². The monoisotopic (exact) mass is 411 g/mol. The minimum atomic E-state index is -1.08. The SMILES string of the molecule is COC(=O)C(c1ccccc1)N1C(=O)C(NC(=O)C(=NO)c2ccccc2)C1CO. The summed E-state index contributed by atoms with van der Waals surface area (Å²) < 4.78 is 4.84. The number of β-lactam (4-membered cyclic amide) rings is 1. The van der Waals surface area contributed by atoms with Gasteiger partial charge in [0.2, 0.25) is 5.91 Å². The fourth-order valence-corrected chi connectivity index (χ4v) is 3.43. The number of carbonyl (C=O) groups excluding carboxylic acids is 3. The number of methoxy groups -OCH3 is 1. The number of rotatable bonds is 7. The standard InChI is InChI=1S/C21H21N3O6/c1-30-21(28)18(14-10-6-3-7-11-14)24-15(12-25)17(20(24)27)22-19(26)16(23-29)13-8-4-2-5-9-13/h2-11,15,17-18,25,29H,12H2,1H3,(H,22,26). The minimum absolute atomic E-state index is 0.272. The van der Waals surface area contributed by atoms with Crippen molar-refractivity contribution in [2.45, 2.75) is 18.1 Å². The number of hydrogen-bond donors (Lipinski definition) is 3. The highest BCUT2D eigenvalue weighted by Gasteiger charge is 2.53. The van der Waals surface area contributed by atoms with Crippen molar-refractivity contribution in [1.29, 1.82) is 0 Å². The second-order valence-corrected chi connectivity index (χ2v) is 6.60. The fraction of sp³-hybridized carbons (Fsp3) is 0.238. The highest BCUT2D eigenvalue weighted by atomic mass is 16.5. The van der Waals surface area contributed by atoms with Gasteiger partial charge < -0.3 is 25.3 Å². The molecule has 3 N–H and O–H groups in total. The van der Waals surface area contributed by atoms with Gasteiger partial charge in [0.15, 0.2) is 11.8 Å². The predicted octanol–water partition coefficient (Wildman–Crippen LogP) is 0.467. The lowest BCUT2D eigenvalue weighted by Crippen LogP contribution is -2.73. The third kappa shape index (κ3) is 3.87. The molecule has 0 saturated carbocycles. The molecule has 2 amide bonds. The van der Waals surface area contributed by atoms with Crippen LogP contribution in [-0.4, -0.2) is 64.5 Å². The van der Waals surface area contributed by atoms with Crippen LogP contribution in [0.2, 0.25) is 0 Å². The molecule has 0 aliphatic carbocycles. The van der Waals surface area contributed by atoms with Crippen LogP contribution in [0.25, 0.3) is 0 Å². The molecule has 9 nitrogen and oxygen atoms in total. The molecule has 0 spiro atoms. The van der Waals surface area contributed by atoms with E-state index in [1.165, 1.54) is 12.0 Å². The first kappa shape index (κ1) is 21.0. The molecule has 2 aromatic carbocycles. The summed E-state index contributed by atoms with van der Waals surface area (Å²) in [7, 11) is 1.21. The summed E-state index contributed by atoms with van der Waals surface area (Å²) >= 11 is 0. The molecule has 1 fully saturated rings. The predicted molar refractivity (Wildman–Crippen MR) is 106 cm³/mol. The van der Waals surface area contributed by atoms with Crippen LogP contribution < -0.4 is 5.32 Å². The van der Waals surface area contributed by atoms with E-state index in [0.717, 1.165) is 0 Å². The lowest BCUT2D eigenvalue weighted by Gasteiger charge is -2.49. The van der Waals surface area contributed by atoms with Gasteiger partial charge in [0.25, 0.3) is 5.91 Å². The molecule has 0 bridgehead atoms. The number of likely N-dealkylation sites (tertiary alicyclic amines) is 1. The van der Waals surface area contributed by atoms with Gasteiger partial charge >= 0.3 is 5.97 Å². The zero-order valence-corrected chi connectivity index (χ0v) is 16.1. The largest absolute Gasteiger partial charge is 0.467 e. The zero-order chi connectivity index (χ0) is 21.7. The van der Waals surface area contributed by atoms with Crippen molar-refractivity contribution >= 4 is 23.5 Å². The molecule has 9 heteroatoms. The van der Waals surface area contributed by atoms with E-state index < -0.39 is 42.5 Å². The van der Waals surface area contributed by atoms with Crippen molar-refractivity contribution in [2.24, 2.45) is 5.16 Å². The Hall–Kier alpha value is -3.72. The molecular weight excluding hydrogens is 390 g/mol. The van der Waals surface area contributed by atoms with Crippen LogP contribution in [0.5, 0.6) is 0 Å². The van der Waals surface area contributed by atoms with Crippen LogP contribution >= 0.6 is 0 Å². The first-order valence-corrected chi connectivity index (χ1v) is 9.17. The molecule has 30 heavy (non-hydrogen) atoms. The first-order valence-electron chi connectivity index (χ1n) is 9.17. The highest BCUT2D eigenvalue weighted by Crippen LogP contribution is 2.33. The van der Waals surface area contributed by atoms with Crippen LogP contribution in [0, 0.1) is 0 Å². The van der Waals surface area contributed by atoms with E-state index in [9.17, 15) is 24.7 Å². The number of aliphatic hydroxyl groups is 1. The van der Waals surface area contributed by atoms with Crippen molar-refractivity contribution < 1.29 is 29.4 Å². The first-order chi connectivity index (χ1) is 14.5. The number of benzene rings is 2. The average Bonchev–Trinajstić information content (AvgIpc) is 2.79. The Labute approximate surface area is 172 Å². The lowest BCUT2D eigenvalue weighted by atomic mass is 9.90. The van der Waals surface area contributed by atoms with Crippen molar-refractivity contribution in [2.75, 3.05) is 13.7 Å². The Morgan fingerprint density at radius 3 is 2.27 bits per heavy atom. The van der Waals surface area contributed by atoms with Gasteiger partial charge in [0.1, 0.15) is 6.04 Å². The maximum Gasteiger partial charge on any atom is 0.333 e. The number of hydrogen-bond acceptors (Lipinski definition) is 7. The summed E-state index contributed by atoms with van der Waals surface area (Å²) in [6, 6.07) is 13.8. The van der Waals surface area contributed by atoms with E-state index in [1.54, 1.807) is 60.7 Å². The smallest absolute Gasteiger partial charge is 0.333 e. The van der Waals surface area contributed by atoms with Gasteiger partial charge in [-0.1, -0.05) is 65.8 Å². The zero-order valence-electron chi connectivity index (χ0n) is 16.1. The number of aliphatic hydroxyl groups excluding tert-OH is 1. The van der Waals surface area contributed by atoms with E-state index in [2.05, 4.69) is 10.5 Å². The summed E-state index contributed by atoms with van der Waals surface area (Å²) in [4.78, 5) is 39.0. The molecule has 0 radical (unpaired) electrons. The minimum Gasteiger partial charge on any atom is -0.467 e. The third-order valence-corrected chi connectivity index (χ3v) is 4.92. The fourth-order valence-electron chi connectivity index (χ4n) is 3.43. The molecule has 2 aromatic rings. The lowest BCUT2D eigenvalue weighted by molar-refractivity contribution is -0.170. The third-order valence-electron chi connectivity index (χ3n) is 4.92. The molecule has 1 aliphatic heterocycles. The number of ether oxygens (including phenoxy) is 1. The Kier molecular flexibility index (Phi) is 6.43. The normalized spacial score (nSPS) is 19.6. The number of nitrogens with one attached hydrogen (secondary N) is 1. The Morgan fingerprint density at radius 2 is 1.73 bits per heavy atom. The Morgan fingerprint density at radius 1 is 1.13 bits per heavy atom.